The highest BCUT2D eigenvalue weighted by molar-refractivity contribution is 5.92. The molecule has 2 bridgehead atoms. The zero-order valence-corrected chi connectivity index (χ0v) is 19.9. The van der Waals surface area contributed by atoms with E-state index in [4.69, 9.17) is 4.98 Å². The maximum absolute atomic E-state index is 13.6. The molecule has 0 atom stereocenters. The predicted octanol–water partition coefficient (Wildman–Crippen LogP) is 2.07. The summed E-state index contributed by atoms with van der Waals surface area (Å²) in [5.74, 6) is -0.0419. The fourth-order valence-electron chi connectivity index (χ4n) is 6.22. The van der Waals surface area contributed by atoms with Gasteiger partial charge in [-0.1, -0.05) is 0 Å². The van der Waals surface area contributed by atoms with Gasteiger partial charge in [0.2, 0.25) is 0 Å². The topological polar surface area (TPSA) is 118 Å². The minimum Gasteiger partial charge on any atom is -0.369 e. The molecule has 2 aromatic heterocycles. The van der Waals surface area contributed by atoms with Crippen LogP contribution in [0.5, 0.6) is 0 Å². The highest BCUT2D eigenvalue weighted by Gasteiger charge is 2.59. The van der Waals surface area contributed by atoms with Crippen molar-refractivity contribution in [1.82, 2.24) is 25.2 Å². The summed E-state index contributed by atoms with van der Waals surface area (Å²) in [6.07, 6.45) is 3.84. The number of aromatic amines is 1. The van der Waals surface area contributed by atoms with Gasteiger partial charge in [-0.3, -0.25) is 14.5 Å². The lowest BCUT2D eigenvalue weighted by molar-refractivity contribution is 0.0958. The van der Waals surface area contributed by atoms with E-state index in [1.165, 1.54) is 19.2 Å². The summed E-state index contributed by atoms with van der Waals surface area (Å²) in [5.41, 5.74) is 1.35. The van der Waals surface area contributed by atoms with Crippen molar-refractivity contribution in [1.29, 1.82) is 5.26 Å². The minimum atomic E-state index is -0.442. The van der Waals surface area contributed by atoms with Crippen LogP contribution < -0.4 is 15.8 Å². The van der Waals surface area contributed by atoms with E-state index in [9.17, 15) is 19.2 Å². The molecule has 3 aromatic rings. The summed E-state index contributed by atoms with van der Waals surface area (Å²) in [6, 6.07) is 10.6. The predicted molar refractivity (Wildman–Crippen MR) is 131 cm³/mol. The first-order chi connectivity index (χ1) is 17.4. The zero-order valence-electron chi connectivity index (χ0n) is 19.9. The molecule has 1 amide bonds. The molecular weight excluding hydrogens is 461 g/mol. The number of nitriles is 1. The lowest BCUT2D eigenvalue weighted by atomic mass is 9.69. The molecule has 3 aliphatic heterocycles. The molecule has 1 aliphatic carbocycles. The second-order valence-corrected chi connectivity index (χ2v) is 10.1. The second-order valence-electron chi connectivity index (χ2n) is 10.1. The van der Waals surface area contributed by atoms with Gasteiger partial charge in [-0.2, -0.15) is 5.26 Å². The third-order valence-corrected chi connectivity index (χ3v) is 8.09. The number of amides is 1. The number of nitrogens with one attached hydrogen (secondary N) is 2. The molecule has 1 saturated carbocycles. The van der Waals surface area contributed by atoms with E-state index in [2.05, 4.69) is 31.2 Å². The number of fused-ring (bicyclic) bond motifs is 2. The van der Waals surface area contributed by atoms with Crippen molar-refractivity contribution in [3.05, 3.63) is 63.7 Å². The number of rotatable bonds is 4. The van der Waals surface area contributed by atoms with Gasteiger partial charge in [0.1, 0.15) is 23.4 Å². The molecule has 0 radical (unpaired) electrons. The normalized spacial score (nSPS) is 23.9. The molecule has 7 rings (SSSR count). The number of piperidine rings is 1. The first kappa shape index (κ1) is 22.6. The van der Waals surface area contributed by atoms with Crippen molar-refractivity contribution in [2.24, 2.45) is 0 Å². The molecular formula is C26H26FN7O2. The number of nitrogens with zero attached hydrogens (tertiary/aromatic N) is 5. The van der Waals surface area contributed by atoms with E-state index >= 15 is 0 Å². The number of aromatic nitrogens is 3. The summed E-state index contributed by atoms with van der Waals surface area (Å²) < 4.78 is 13.6. The molecule has 36 heavy (non-hydrogen) atoms. The molecule has 9 nitrogen and oxygen atoms in total. The first-order valence-corrected chi connectivity index (χ1v) is 12.2. The van der Waals surface area contributed by atoms with Crippen molar-refractivity contribution in [2.45, 2.75) is 43.2 Å². The van der Waals surface area contributed by atoms with Gasteiger partial charge < -0.3 is 15.2 Å². The molecule has 0 spiro atoms. The van der Waals surface area contributed by atoms with Crippen LogP contribution in [0.1, 0.15) is 47.7 Å². The molecule has 4 aliphatic rings. The monoisotopic (exact) mass is 487 g/mol. The molecule has 10 heteroatoms. The smallest absolute Gasteiger partial charge is 0.269 e. The summed E-state index contributed by atoms with van der Waals surface area (Å²) in [7, 11) is 1.54. The Morgan fingerprint density at radius 2 is 1.97 bits per heavy atom. The molecule has 0 unspecified atom stereocenters. The van der Waals surface area contributed by atoms with Crippen LogP contribution in [0.2, 0.25) is 0 Å². The maximum atomic E-state index is 13.6. The van der Waals surface area contributed by atoms with Gasteiger partial charge in [0.25, 0.3) is 11.5 Å². The van der Waals surface area contributed by atoms with E-state index < -0.39 is 5.82 Å². The van der Waals surface area contributed by atoms with Gasteiger partial charge in [0.15, 0.2) is 5.69 Å². The first-order valence-electron chi connectivity index (χ1n) is 12.2. The van der Waals surface area contributed by atoms with Crippen molar-refractivity contribution < 1.29 is 9.18 Å². The van der Waals surface area contributed by atoms with E-state index in [-0.39, 0.29) is 33.7 Å². The minimum absolute atomic E-state index is 0.156. The van der Waals surface area contributed by atoms with Crippen molar-refractivity contribution in [2.75, 3.05) is 31.6 Å². The van der Waals surface area contributed by atoms with Gasteiger partial charge >= 0.3 is 0 Å². The van der Waals surface area contributed by atoms with Gasteiger partial charge in [-0.25, -0.2) is 14.4 Å². The highest BCUT2D eigenvalue weighted by atomic mass is 19.1. The summed E-state index contributed by atoms with van der Waals surface area (Å²) in [6.45, 7) is 2.45. The molecule has 3 saturated heterocycles. The quantitative estimate of drug-likeness (QED) is 0.578. The SMILES string of the molecule is CNC(=O)c1ccc(N2CCC(N3CC4(c5nc6ccc(F)cc6c(=O)[nH]5)CC3C4)CC2)c(C#N)n1. The Kier molecular flexibility index (Phi) is 5.26. The van der Waals surface area contributed by atoms with Crippen LogP contribution in [-0.4, -0.2) is 64.5 Å². The fourth-order valence-corrected chi connectivity index (χ4v) is 6.22. The van der Waals surface area contributed by atoms with Crippen LogP contribution in [0.4, 0.5) is 10.1 Å². The van der Waals surface area contributed by atoms with Gasteiger partial charge in [-0.15, -0.1) is 0 Å². The molecule has 5 heterocycles. The fraction of sp³-hybridized carbons (Fsp3) is 0.423. The highest BCUT2D eigenvalue weighted by Crippen LogP contribution is 2.53. The number of carbonyl (C=O) groups excluding carboxylic acids is 1. The zero-order chi connectivity index (χ0) is 25.0. The Balaban J connectivity index is 1.15. The van der Waals surface area contributed by atoms with Crippen LogP contribution in [-0.2, 0) is 5.41 Å². The molecule has 184 valence electrons. The summed E-state index contributed by atoms with van der Waals surface area (Å²) >= 11 is 0. The van der Waals surface area contributed by atoms with E-state index in [0.29, 0.717) is 23.4 Å². The lowest BCUT2D eigenvalue weighted by Crippen LogP contribution is -2.46. The lowest BCUT2D eigenvalue weighted by Gasteiger charge is -2.40. The number of hydrogen-bond donors (Lipinski definition) is 2. The Labute approximate surface area is 207 Å². The van der Waals surface area contributed by atoms with Crippen molar-refractivity contribution in [3.63, 3.8) is 0 Å². The van der Waals surface area contributed by atoms with E-state index in [0.717, 1.165) is 51.0 Å². The summed E-state index contributed by atoms with van der Waals surface area (Å²) in [5, 5.41) is 12.4. The van der Waals surface area contributed by atoms with Gasteiger partial charge in [-0.05, 0) is 56.0 Å². The molecule has 1 aromatic carbocycles. The van der Waals surface area contributed by atoms with Crippen LogP contribution in [0.25, 0.3) is 10.9 Å². The van der Waals surface area contributed by atoms with Crippen molar-refractivity contribution in [3.8, 4) is 6.07 Å². The average molecular weight is 488 g/mol. The standard InChI is InChI=1S/C26H26FN7O2/c1-29-24(36)20-4-5-22(21(13-28)30-20)33-8-6-16(7-9-33)34-14-26(11-17(34)12-26)25-31-19-3-2-15(27)10-18(19)23(35)32-25/h2-5,10,16-17H,6-9,11-12,14H2,1H3,(H,29,36)(H,31,32,35). The van der Waals surface area contributed by atoms with Crippen LogP contribution in [0.15, 0.2) is 35.1 Å². The second kappa shape index (κ2) is 8.38. The number of halogens is 1. The molecule has 2 N–H and O–H groups in total. The Bertz CT molecular complexity index is 1470. The average Bonchev–Trinajstić information content (AvgIpc) is 3.46. The number of H-pyrrole nitrogens is 1. The number of carbonyl (C=O) groups is 1. The number of hydrogen-bond acceptors (Lipinski definition) is 7. The number of anilines is 1. The Hall–Kier alpha value is -3.84. The maximum Gasteiger partial charge on any atom is 0.269 e. The van der Waals surface area contributed by atoms with E-state index in [1.807, 2.05) is 6.07 Å². The molecule has 4 fully saturated rings. The van der Waals surface area contributed by atoms with Crippen LogP contribution >= 0.6 is 0 Å². The van der Waals surface area contributed by atoms with Crippen molar-refractivity contribution >= 4 is 22.5 Å². The summed E-state index contributed by atoms with van der Waals surface area (Å²) in [4.78, 5) is 41.1. The number of pyridine rings is 1. The third-order valence-electron chi connectivity index (χ3n) is 8.09. The largest absolute Gasteiger partial charge is 0.369 e. The third kappa shape index (κ3) is 3.54. The number of benzene rings is 1. The van der Waals surface area contributed by atoms with E-state index in [1.54, 1.807) is 12.1 Å². The van der Waals surface area contributed by atoms with Gasteiger partial charge in [0, 0.05) is 44.2 Å². The van der Waals surface area contributed by atoms with Gasteiger partial charge in [0.05, 0.1) is 16.6 Å². The van der Waals surface area contributed by atoms with Crippen LogP contribution in [0.3, 0.4) is 0 Å². The van der Waals surface area contributed by atoms with Crippen LogP contribution in [0, 0.1) is 17.1 Å². The Morgan fingerprint density at radius 1 is 1.19 bits per heavy atom. The Morgan fingerprint density at radius 3 is 2.69 bits per heavy atom.